The van der Waals surface area contributed by atoms with E-state index in [9.17, 15) is 9.59 Å². The van der Waals surface area contributed by atoms with Gasteiger partial charge >= 0.3 is 0 Å². The van der Waals surface area contributed by atoms with Crippen LogP contribution in [-0.4, -0.2) is 24.9 Å². The minimum atomic E-state index is -0.0234. The second-order valence-electron chi connectivity index (χ2n) is 6.08. The van der Waals surface area contributed by atoms with E-state index in [2.05, 4.69) is 17.6 Å². The van der Waals surface area contributed by atoms with Crippen LogP contribution in [0, 0.1) is 17.8 Å². The molecule has 2 amide bonds. The Morgan fingerprint density at radius 3 is 2.47 bits per heavy atom. The lowest BCUT2D eigenvalue weighted by Crippen LogP contribution is -2.44. The maximum absolute atomic E-state index is 12.0. The highest BCUT2D eigenvalue weighted by molar-refractivity contribution is 5.83. The summed E-state index contributed by atoms with van der Waals surface area (Å²) in [5, 5.41) is 5.84. The molecule has 0 aromatic carbocycles. The first-order valence-electron chi connectivity index (χ1n) is 7.73. The number of amides is 2. The molecule has 1 saturated carbocycles. The van der Waals surface area contributed by atoms with Crippen molar-refractivity contribution in [3.8, 4) is 0 Å². The van der Waals surface area contributed by atoms with Crippen LogP contribution in [0.5, 0.6) is 0 Å². The Bertz CT molecular complexity index is 312. The van der Waals surface area contributed by atoms with Crippen LogP contribution in [0.25, 0.3) is 0 Å². The van der Waals surface area contributed by atoms with Gasteiger partial charge in [0.05, 0.1) is 5.92 Å². The van der Waals surface area contributed by atoms with E-state index in [1.807, 2.05) is 0 Å². The SMILES string of the molecule is CCC1CCC(CNC(=O)C2CCC(=O)NC2)CC1. The van der Waals surface area contributed by atoms with Crippen molar-refractivity contribution < 1.29 is 9.59 Å². The van der Waals surface area contributed by atoms with Crippen molar-refractivity contribution in [3.05, 3.63) is 0 Å². The van der Waals surface area contributed by atoms with Crippen molar-refractivity contribution in [2.24, 2.45) is 17.8 Å². The molecule has 1 heterocycles. The summed E-state index contributed by atoms with van der Waals surface area (Å²) in [6, 6.07) is 0. The van der Waals surface area contributed by atoms with Crippen LogP contribution in [-0.2, 0) is 9.59 Å². The molecule has 2 aliphatic rings. The molecule has 1 unspecified atom stereocenters. The monoisotopic (exact) mass is 266 g/mol. The Hall–Kier alpha value is -1.06. The van der Waals surface area contributed by atoms with Crippen LogP contribution in [0.4, 0.5) is 0 Å². The lowest BCUT2D eigenvalue weighted by atomic mass is 9.81. The van der Waals surface area contributed by atoms with Gasteiger partial charge in [0, 0.05) is 19.5 Å². The highest BCUT2D eigenvalue weighted by Crippen LogP contribution is 2.30. The third kappa shape index (κ3) is 4.22. The molecule has 2 rings (SSSR count). The van der Waals surface area contributed by atoms with E-state index in [1.54, 1.807) is 0 Å². The van der Waals surface area contributed by atoms with Crippen molar-refractivity contribution in [1.82, 2.24) is 10.6 Å². The van der Waals surface area contributed by atoms with E-state index in [4.69, 9.17) is 0 Å². The lowest BCUT2D eigenvalue weighted by Gasteiger charge is -2.29. The molecule has 0 radical (unpaired) electrons. The summed E-state index contributed by atoms with van der Waals surface area (Å²) in [4.78, 5) is 23.1. The van der Waals surface area contributed by atoms with Gasteiger partial charge in [-0.15, -0.1) is 0 Å². The Morgan fingerprint density at radius 1 is 1.21 bits per heavy atom. The minimum Gasteiger partial charge on any atom is -0.356 e. The van der Waals surface area contributed by atoms with Gasteiger partial charge in [-0.3, -0.25) is 9.59 Å². The quantitative estimate of drug-likeness (QED) is 0.816. The molecule has 4 nitrogen and oxygen atoms in total. The summed E-state index contributed by atoms with van der Waals surface area (Å²) in [5.74, 6) is 1.73. The summed E-state index contributed by atoms with van der Waals surface area (Å²) < 4.78 is 0. The number of nitrogens with one attached hydrogen (secondary N) is 2. The molecule has 1 aliphatic heterocycles. The Morgan fingerprint density at radius 2 is 1.89 bits per heavy atom. The van der Waals surface area contributed by atoms with Crippen LogP contribution in [0.2, 0.25) is 0 Å². The van der Waals surface area contributed by atoms with Crippen LogP contribution in [0.3, 0.4) is 0 Å². The van der Waals surface area contributed by atoms with Gasteiger partial charge in [0.2, 0.25) is 11.8 Å². The van der Waals surface area contributed by atoms with Gasteiger partial charge in [-0.05, 0) is 31.1 Å². The van der Waals surface area contributed by atoms with Gasteiger partial charge < -0.3 is 10.6 Å². The topological polar surface area (TPSA) is 58.2 Å². The summed E-state index contributed by atoms with van der Waals surface area (Å²) in [6.07, 6.45) is 7.61. The smallest absolute Gasteiger partial charge is 0.224 e. The summed E-state index contributed by atoms with van der Waals surface area (Å²) in [6.45, 7) is 3.59. The van der Waals surface area contributed by atoms with Crippen LogP contribution in [0.1, 0.15) is 51.9 Å². The van der Waals surface area contributed by atoms with E-state index in [0.717, 1.165) is 12.5 Å². The van der Waals surface area contributed by atoms with Crippen molar-refractivity contribution in [3.63, 3.8) is 0 Å². The number of carbonyl (C=O) groups is 2. The summed E-state index contributed by atoms with van der Waals surface area (Å²) in [5.41, 5.74) is 0. The first-order chi connectivity index (χ1) is 9.19. The fourth-order valence-electron chi connectivity index (χ4n) is 3.19. The number of hydrogen-bond donors (Lipinski definition) is 2. The maximum Gasteiger partial charge on any atom is 0.224 e. The van der Waals surface area contributed by atoms with E-state index in [0.29, 0.717) is 25.3 Å². The zero-order valence-corrected chi connectivity index (χ0v) is 11.9. The highest BCUT2D eigenvalue weighted by atomic mass is 16.2. The van der Waals surface area contributed by atoms with Crippen LogP contribution < -0.4 is 10.6 Å². The Kier molecular flexibility index (Phi) is 5.23. The fraction of sp³-hybridized carbons (Fsp3) is 0.867. The van der Waals surface area contributed by atoms with Gasteiger partial charge in [0.1, 0.15) is 0 Å². The first kappa shape index (κ1) is 14.4. The minimum absolute atomic E-state index is 0.0234. The zero-order valence-electron chi connectivity index (χ0n) is 11.9. The van der Waals surface area contributed by atoms with Crippen molar-refractivity contribution in [1.29, 1.82) is 0 Å². The molecule has 0 aromatic rings. The van der Waals surface area contributed by atoms with Crippen molar-refractivity contribution >= 4 is 11.8 Å². The number of piperidine rings is 1. The third-order valence-corrected chi connectivity index (χ3v) is 4.74. The van der Waals surface area contributed by atoms with E-state index in [1.165, 1.54) is 32.1 Å². The van der Waals surface area contributed by atoms with Crippen molar-refractivity contribution in [2.45, 2.75) is 51.9 Å². The molecule has 19 heavy (non-hydrogen) atoms. The normalized spacial score (nSPS) is 31.6. The molecular weight excluding hydrogens is 240 g/mol. The van der Waals surface area contributed by atoms with E-state index < -0.39 is 0 Å². The number of carbonyl (C=O) groups excluding carboxylic acids is 2. The molecular formula is C15H26N2O2. The first-order valence-corrected chi connectivity index (χ1v) is 7.73. The second kappa shape index (κ2) is 6.92. The van der Waals surface area contributed by atoms with Gasteiger partial charge in [-0.2, -0.15) is 0 Å². The molecule has 108 valence electrons. The molecule has 0 bridgehead atoms. The summed E-state index contributed by atoms with van der Waals surface area (Å²) in [7, 11) is 0. The molecule has 0 aromatic heterocycles. The number of hydrogen-bond acceptors (Lipinski definition) is 2. The maximum atomic E-state index is 12.0. The second-order valence-corrected chi connectivity index (χ2v) is 6.08. The Balaban J connectivity index is 1.65. The van der Waals surface area contributed by atoms with E-state index >= 15 is 0 Å². The third-order valence-electron chi connectivity index (χ3n) is 4.74. The largest absolute Gasteiger partial charge is 0.356 e. The summed E-state index contributed by atoms with van der Waals surface area (Å²) >= 11 is 0. The van der Waals surface area contributed by atoms with Gasteiger partial charge in [0.25, 0.3) is 0 Å². The van der Waals surface area contributed by atoms with Crippen molar-refractivity contribution in [2.75, 3.05) is 13.1 Å². The standard InChI is InChI=1S/C15H26N2O2/c1-2-11-3-5-12(6-4-11)9-17-15(19)13-7-8-14(18)16-10-13/h11-13H,2-10H2,1H3,(H,16,18)(H,17,19). The molecule has 2 fully saturated rings. The predicted octanol–water partition coefficient (Wildman–Crippen LogP) is 1.85. The zero-order chi connectivity index (χ0) is 13.7. The molecule has 1 atom stereocenters. The average molecular weight is 266 g/mol. The van der Waals surface area contributed by atoms with Crippen LogP contribution >= 0.6 is 0 Å². The highest BCUT2D eigenvalue weighted by Gasteiger charge is 2.25. The molecule has 1 saturated heterocycles. The van der Waals surface area contributed by atoms with Gasteiger partial charge in [-0.1, -0.05) is 26.2 Å². The molecule has 0 spiro atoms. The van der Waals surface area contributed by atoms with Gasteiger partial charge in [0.15, 0.2) is 0 Å². The molecule has 4 heteroatoms. The molecule has 2 N–H and O–H groups in total. The average Bonchev–Trinajstić information content (AvgIpc) is 2.46. The lowest BCUT2D eigenvalue weighted by molar-refractivity contribution is -0.129. The van der Waals surface area contributed by atoms with Crippen LogP contribution in [0.15, 0.2) is 0 Å². The Labute approximate surface area is 115 Å². The number of rotatable bonds is 4. The molecule has 1 aliphatic carbocycles. The predicted molar refractivity (Wildman–Crippen MR) is 74.5 cm³/mol. The fourth-order valence-corrected chi connectivity index (χ4v) is 3.19. The van der Waals surface area contributed by atoms with Gasteiger partial charge in [-0.25, -0.2) is 0 Å². The van der Waals surface area contributed by atoms with E-state index in [-0.39, 0.29) is 17.7 Å².